The summed E-state index contributed by atoms with van der Waals surface area (Å²) in [7, 11) is 1.68. The number of amides is 2. The summed E-state index contributed by atoms with van der Waals surface area (Å²) in [6, 6.07) is 8.26. The number of primary amides is 1. The van der Waals surface area contributed by atoms with Gasteiger partial charge in [-0.25, -0.2) is 0 Å². The van der Waals surface area contributed by atoms with Crippen LogP contribution in [0.25, 0.3) is 0 Å². The van der Waals surface area contributed by atoms with Crippen molar-refractivity contribution in [1.82, 2.24) is 9.78 Å². The Morgan fingerprint density at radius 2 is 2.00 bits per heavy atom. The number of nitrogens with two attached hydrogens (primary N) is 1. The zero-order valence-electron chi connectivity index (χ0n) is 10.7. The Kier molecular flexibility index (Phi) is 3.33. The molecule has 0 aliphatic rings. The van der Waals surface area contributed by atoms with Crippen LogP contribution < -0.4 is 11.1 Å². The van der Waals surface area contributed by atoms with Crippen molar-refractivity contribution in [2.75, 3.05) is 5.32 Å². The average Bonchev–Trinajstić information content (AvgIpc) is 2.69. The molecular weight excluding hydrogens is 244 g/mol. The van der Waals surface area contributed by atoms with E-state index in [1.807, 2.05) is 0 Å². The number of hydrogen-bond donors (Lipinski definition) is 2. The Balaban J connectivity index is 2.29. The van der Waals surface area contributed by atoms with Crippen LogP contribution in [0, 0.1) is 6.92 Å². The molecule has 19 heavy (non-hydrogen) atoms. The van der Waals surface area contributed by atoms with Crippen molar-refractivity contribution >= 4 is 17.5 Å². The van der Waals surface area contributed by atoms with Gasteiger partial charge in [0, 0.05) is 7.05 Å². The second-order valence-corrected chi connectivity index (χ2v) is 4.16. The van der Waals surface area contributed by atoms with Gasteiger partial charge in [0.1, 0.15) is 5.69 Å². The summed E-state index contributed by atoms with van der Waals surface area (Å²) >= 11 is 0. The molecule has 0 atom stereocenters. The molecule has 0 aliphatic carbocycles. The predicted octanol–water partition coefficient (Wildman–Crippen LogP) is 1.08. The zero-order valence-corrected chi connectivity index (χ0v) is 10.7. The van der Waals surface area contributed by atoms with Crippen LogP contribution in [-0.4, -0.2) is 21.6 Å². The average molecular weight is 258 g/mol. The third-order valence-electron chi connectivity index (χ3n) is 2.68. The Hall–Kier alpha value is -2.63. The molecule has 6 heteroatoms. The number of carbonyl (C=O) groups excluding carboxylic acids is 2. The Morgan fingerprint density at radius 1 is 1.32 bits per heavy atom. The summed E-state index contributed by atoms with van der Waals surface area (Å²) in [5.74, 6) is -0.922. The van der Waals surface area contributed by atoms with Gasteiger partial charge < -0.3 is 11.1 Å². The second kappa shape index (κ2) is 4.93. The molecule has 1 aromatic carbocycles. The highest BCUT2D eigenvalue weighted by atomic mass is 16.2. The molecule has 2 aromatic rings. The molecule has 0 aliphatic heterocycles. The lowest BCUT2D eigenvalue weighted by molar-refractivity contribution is 0.100. The lowest BCUT2D eigenvalue weighted by Gasteiger charge is -2.08. The normalized spacial score (nSPS) is 10.2. The molecule has 6 nitrogen and oxygen atoms in total. The molecule has 0 fully saturated rings. The number of rotatable bonds is 3. The third kappa shape index (κ3) is 2.62. The summed E-state index contributed by atoms with van der Waals surface area (Å²) in [6.07, 6.45) is 0. The van der Waals surface area contributed by atoms with Gasteiger partial charge in [0.05, 0.1) is 16.9 Å². The van der Waals surface area contributed by atoms with E-state index in [1.54, 1.807) is 44.3 Å². The first-order valence-electron chi connectivity index (χ1n) is 5.70. The van der Waals surface area contributed by atoms with Gasteiger partial charge in [0.15, 0.2) is 0 Å². The smallest absolute Gasteiger partial charge is 0.273 e. The van der Waals surface area contributed by atoms with Crippen LogP contribution in [0.4, 0.5) is 5.69 Å². The van der Waals surface area contributed by atoms with Crippen LogP contribution in [0.15, 0.2) is 30.3 Å². The number of nitrogens with one attached hydrogen (secondary N) is 1. The molecular formula is C13H14N4O2. The van der Waals surface area contributed by atoms with E-state index in [2.05, 4.69) is 10.4 Å². The number of carbonyl (C=O) groups is 2. The van der Waals surface area contributed by atoms with Crippen molar-refractivity contribution in [3.05, 3.63) is 47.3 Å². The standard InChI is InChI=1S/C13H14N4O2/c1-8-7-11(17(2)16-8)13(19)15-10-6-4-3-5-9(10)12(14)18/h3-7H,1-2H3,(H2,14,18)(H,15,19). The summed E-state index contributed by atoms with van der Waals surface area (Å²) < 4.78 is 1.48. The van der Waals surface area contributed by atoms with Crippen LogP contribution in [0.5, 0.6) is 0 Å². The second-order valence-electron chi connectivity index (χ2n) is 4.16. The van der Waals surface area contributed by atoms with Crippen LogP contribution in [-0.2, 0) is 7.05 Å². The molecule has 0 radical (unpaired) electrons. The van der Waals surface area contributed by atoms with E-state index >= 15 is 0 Å². The molecule has 1 aromatic heterocycles. The zero-order chi connectivity index (χ0) is 14.0. The van der Waals surface area contributed by atoms with Crippen molar-refractivity contribution in [1.29, 1.82) is 0 Å². The highest BCUT2D eigenvalue weighted by Gasteiger charge is 2.15. The summed E-state index contributed by atoms with van der Waals surface area (Å²) in [5, 5.41) is 6.76. The van der Waals surface area contributed by atoms with Crippen LogP contribution in [0.2, 0.25) is 0 Å². The van der Waals surface area contributed by atoms with Gasteiger partial charge in [-0.15, -0.1) is 0 Å². The molecule has 0 spiro atoms. The molecule has 3 N–H and O–H groups in total. The predicted molar refractivity (Wildman–Crippen MR) is 70.9 cm³/mol. The van der Waals surface area contributed by atoms with Gasteiger partial charge in [-0.3, -0.25) is 14.3 Å². The van der Waals surface area contributed by atoms with E-state index in [9.17, 15) is 9.59 Å². The van der Waals surface area contributed by atoms with Crippen molar-refractivity contribution in [3.63, 3.8) is 0 Å². The fraction of sp³-hybridized carbons (Fsp3) is 0.154. The fourth-order valence-corrected chi connectivity index (χ4v) is 1.82. The van der Waals surface area contributed by atoms with Gasteiger partial charge in [-0.1, -0.05) is 12.1 Å². The van der Waals surface area contributed by atoms with Crippen LogP contribution in [0.1, 0.15) is 26.5 Å². The Labute approximate surface area is 110 Å². The van der Waals surface area contributed by atoms with Crippen molar-refractivity contribution < 1.29 is 9.59 Å². The number of benzene rings is 1. The Morgan fingerprint density at radius 3 is 2.58 bits per heavy atom. The van der Waals surface area contributed by atoms with Crippen molar-refractivity contribution in [2.45, 2.75) is 6.92 Å². The first-order chi connectivity index (χ1) is 8.99. The van der Waals surface area contributed by atoms with E-state index in [-0.39, 0.29) is 11.5 Å². The van der Waals surface area contributed by atoms with E-state index in [1.165, 1.54) is 4.68 Å². The van der Waals surface area contributed by atoms with Crippen LogP contribution in [0.3, 0.4) is 0 Å². The molecule has 0 bridgehead atoms. The Bertz CT molecular complexity index is 646. The third-order valence-corrected chi connectivity index (χ3v) is 2.68. The number of para-hydroxylation sites is 1. The molecule has 0 saturated heterocycles. The number of aromatic nitrogens is 2. The maximum atomic E-state index is 12.1. The van der Waals surface area contributed by atoms with E-state index in [0.717, 1.165) is 5.69 Å². The van der Waals surface area contributed by atoms with Crippen LogP contribution >= 0.6 is 0 Å². The summed E-state index contributed by atoms with van der Waals surface area (Å²) in [6.45, 7) is 1.80. The largest absolute Gasteiger partial charge is 0.366 e. The maximum Gasteiger partial charge on any atom is 0.273 e. The van der Waals surface area contributed by atoms with E-state index < -0.39 is 5.91 Å². The lowest BCUT2D eigenvalue weighted by Crippen LogP contribution is -2.20. The molecule has 0 unspecified atom stereocenters. The maximum absolute atomic E-state index is 12.1. The monoisotopic (exact) mass is 258 g/mol. The molecule has 1 heterocycles. The lowest BCUT2D eigenvalue weighted by atomic mass is 10.1. The first kappa shape index (κ1) is 12.8. The minimum Gasteiger partial charge on any atom is -0.366 e. The van der Waals surface area contributed by atoms with Gasteiger partial charge in [0.25, 0.3) is 11.8 Å². The molecule has 2 rings (SSSR count). The summed E-state index contributed by atoms with van der Waals surface area (Å²) in [5.41, 5.74) is 7.08. The van der Waals surface area contributed by atoms with Gasteiger partial charge in [-0.05, 0) is 25.1 Å². The highest BCUT2D eigenvalue weighted by molar-refractivity contribution is 6.07. The van der Waals surface area contributed by atoms with Gasteiger partial charge >= 0.3 is 0 Å². The molecule has 0 saturated carbocycles. The van der Waals surface area contributed by atoms with Crippen molar-refractivity contribution in [3.8, 4) is 0 Å². The highest BCUT2D eigenvalue weighted by Crippen LogP contribution is 2.15. The molecule has 2 amide bonds. The fourth-order valence-electron chi connectivity index (χ4n) is 1.82. The minimum atomic E-state index is -0.586. The van der Waals surface area contributed by atoms with Crippen molar-refractivity contribution in [2.24, 2.45) is 12.8 Å². The summed E-state index contributed by atoms with van der Waals surface area (Å²) in [4.78, 5) is 23.4. The van der Waals surface area contributed by atoms with E-state index in [4.69, 9.17) is 5.73 Å². The van der Waals surface area contributed by atoms with E-state index in [0.29, 0.717) is 11.4 Å². The van der Waals surface area contributed by atoms with Gasteiger partial charge in [0.2, 0.25) is 0 Å². The number of aryl methyl sites for hydroxylation is 2. The first-order valence-corrected chi connectivity index (χ1v) is 5.70. The van der Waals surface area contributed by atoms with Gasteiger partial charge in [-0.2, -0.15) is 5.10 Å². The number of anilines is 1. The molecule has 98 valence electrons. The SMILES string of the molecule is Cc1cc(C(=O)Nc2ccccc2C(N)=O)n(C)n1. The quantitative estimate of drug-likeness (QED) is 0.863. The number of hydrogen-bond acceptors (Lipinski definition) is 3. The minimum absolute atomic E-state index is 0.273. The topological polar surface area (TPSA) is 90.0 Å². The number of nitrogens with zero attached hydrogens (tertiary/aromatic N) is 2.